The third-order valence-corrected chi connectivity index (χ3v) is 3.39. The minimum absolute atomic E-state index is 0.134. The van der Waals surface area contributed by atoms with E-state index >= 15 is 0 Å². The number of Topliss-reactive ketones (excluding diaryl/α,β-unsaturated/α-hetero) is 1. The van der Waals surface area contributed by atoms with Crippen molar-refractivity contribution in [2.45, 2.75) is 39.8 Å². The molecule has 0 saturated carbocycles. The molecule has 1 saturated heterocycles. The second kappa shape index (κ2) is 5.63. The Morgan fingerprint density at radius 2 is 2.33 bits per heavy atom. The first-order valence-electron chi connectivity index (χ1n) is 6.51. The van der Waals surface area contributed by atoms with E-state index in [9.17, 15) is 4.79 Å². The van der Waals surface area contributed by atoms with Gasteiger partial charge in [0.25, 0.3) is 0 Å². The molecule has 18 heavy (non-hydrogen) atoms. The molecule has 5 heteroatoms. The number of aryl methyl sites for hydroxylation is 2. The second-order valence-corrected chi connectivity index (χ2v) is 4.71. The van der Waals surface area contributed by atoms with Gasteiger partial charge in [-0.15, -0.1) is 0 Å². The Bertz CT molecular complexity index is 434. The highest BCUT2D eigenvalue weighted by atomic mass is 16.5. The molecule has 1 fully saturated rings. The SMILES string of the molecule is CCn1nc(C)c(C(=O)CC2COCCN2)c1C. The van der Waals surface area contributed by atoms with Crippen molar-refractivity contribution in [2.24, 2.45) is 0 Å². The zero-order valence-electron chi connectivity index (χ0n) is 11.3. The van der Waals surface area contributed by atoms with Crippen LogP contribution in [0, 0.1) is 13.8 Å². The van der Waals surface area contributed by atoms with Crippen LogP contribution in [0.4, 0.5) is 0 Å². The average Bonchev–Trinajstić information content (AvgIpc) is 2.65. The Kier molecular flexibility index (Phi) is 4.14. The summed E-state index contributed by atoms with van der Waals surface area (Å²) in [6.45, 7) is 8.86. The summed E-state index contributed by atoms with van der Waals surface area (Å²) < 4.78 is 7.25. The number of rotatable bonds is 4. The minimum atomic E-state index is 0.134. The molecular formula is C13H21N3O2. The van der Waals surface area contributed by atoms with E-state index in [-0.39, 0.29) is 11.8 Å². The van der Waals surface area contributed by atoms with Gasteiger partial charge in [0.1, 0.15) is 0 Å². The molecule has 1 atom stereocenters. The average molecular weight is 251 g/mol. The van der Waals surface area contributed by atoms with Crippen molar-refractivity contribution < 1.29 is 9.53 Å². The lowest BCUT2D eigenvalue weighted by molar-refractivity contribution is 0.0675. The van der Waals surface area contributed by atoms with Gasteiger partial charge in [-0.3, -0.25) is 9.48 Å². The summed E-state index contributed by atoms with van der Waals surface area (Å²) in [4.78, 5) is 12.3. The summed E-state index contributed by atoms with van der Waals surface area (Å²) in [5.41, 5.74) is 2.58. The van der Waals surface area contributed by atoms with Crippen molar-refractivity contribution in [1.82, 2.24) is 15.1 Å². The first-order valence-corrected chi connectivity index (χ1v) is 6.51. The van der Waals surface area contributed by atoms with E-state index in [0.29, 0.717) is 13.0 Å². The quantitative estimate of drug-likeness (QED) is 0.814. The van der Waals surface area contributed by atoms with Crippen LogP contribution in [-0.2, 0) is 11.3 Å². The van der Waals surface area contributed by atoms with Gasteiger partial charge in [-0.1, -0.05) is 0 Å². The van der Waals surface area contributed by atoms with Crippen LogP contribution in [-0.4, -0.2) is 41.4 Å². The smallest absolute Gasteiger partial charge is 0.168 e. The fourth-order valence-electron chi connectivity index (χ4n) is 2.49. The summed E-state index contributed by atoms with van der Waals surface area (Å²) in [6, 6.07) is 0.134. The number of nitrogens with one attached hydrogen (secondary N) is 1. The molecule has 2 rings (SSSR count). The lowest BCUT2D eigenvalue weighted by atomic mass is 10.0. The Hall–Kier alpha value is -1.20. The van der Waals surface area contributed by atoms with Crippen LogP contribution in [0.5, 0.6) is 0 Å². The van der Waals surface area contributed by atoms with E-state index < -0.39 is 0 Å². The van der Waals surface area contributed by atoms with Gasteiger partial charge in [-0.2, -0.15) is 5.10 Å². The molecule has 1 aliphatic rings. The van der Waals surface area contributed by atoms with Crippen LogP contribution < -0.4 is 5.32 Å². The highest BCUT2D eigenvalue weighted by Crippen LogP contribution is 2.16. The van der Waals surface area contributed by atoms with Gasteiger partial charge in [0.15, 0.2) is 5.78 Å². The largest absolute Gasteiger partial charge is 0.378 e. The summed E-state index contributed by atoms with van der Waals surface area (Å²) >= 11 is 0. The molecule has 5 nitrogen and oxygen atoms in total. The van der Waals surface area contributed by atoms with Crippen molar-refractivity contribution in [3.63, 3.8) is 0 Å². The zero-order valence-corrected chi connectivity index (χ0v) is 11.3. The molecule has 0 radical (unpaired) electrons. The molecule has 0 aromatic carbocycles. The van der Waals surface area contributed by atoms with Gasteiger partial charge in [0.05, 0.1) is 24.5 Å². The van der Waals surface area contributed by atoms with Crippen molar-refractivity contribution in [2.75, 3.05) is 19.8 Å². The first kappa shape index (κ1) is 13.2. The van der Waals surface area contributed by atoms with Crippen LogP contribution in [0.15, 0.2) is 0 Å². The molecule has 0 spiro atoms. The molecule has 100 valence electrons. The van der Waals surface area contributed by atoms with Gasteiger partial charge < -0.3 is 10.1 Å². The number of hydrogen-bond acceptors (Lipinski definition) is 4. The normalized spacial score (nSPS) is 20.1. The van der Waals surface area contributed by atoms with Crippen LogP contribution in [0.3, 0.4) is 0 Å². The molecular weight excluding hydrogens is 230 g/mol. The summed E-state index contributed by atoms with van der Waals surface area (Å²) in [5.74, 6) is 0.160. The van der Waals surface area contributed by atoms with Crippen molar-refractivity contribution in [1.29, 1.82) is 0 Å². The molecule has 2 heterocycles. The number of morpholine rings is 1. The number of aromatic nitrogens is 2. The van der Waals surface area contributed by atoms with Gasteiger partial charge in [0.2, 0.25) is 0 Å². The predicted octanol–water partition coefficient (Wildman–Crippen LogP) is 1.08. The monoisotopic (exact) mass is 251 g/mol. The third kappa shape index (κ3) is 2.62. The fraction of sp³-hybridized carbons (Fsp3) is 0.692. The topological polar surface area (TPSA) is 56.2 Å². The van der Waals surface area contributed by atoms with E-state index in [1.807, 2.05) is 25.5 Å². The molecule has 1 aliphatic heterocycles. The number of carbonyl (C=O) groups excluding carboxylic acids is 1. The van der Waals surface area contributed by atoms with Crippen LogP contribution >= 0.6 is 0 Å². The van der Waals surface area contributed by atoms with Gasteiger partial charge >= 0.3 is 0 Å². The van der Waals surface area contributed by atoms with Gasteiger partial charge in [-0.05, 0) is 20.8 Å². The molecule has 0 amide bonds. The van der Waals surface area contributed by atoms with Crippen LogP contribution in [0.25, 0.3) is 0 Å². The highest BCUT2D eigenvalue weighted by molar-refractivity contribution is 5.98. The zero-order chi connectivity index (χ0) is 13.1. The highest BCUT2D eigenvalue weighted by Gasteiger charge is 2.22. The number of hydrogen-bond donors (Lipinski definition) is 1. The maximum atomic E-state index is 12.3. The van der Waals surface area contributed by atoms with E-state index in [4.69, 9.17) is 4.74 Å². The minimum Gasteiger partial charge on any atom is -0.378 e. The Balaban J connectivity index is 2.10. The van der Waals surface area contributed by atoms with Gasteiger partial charge in [0, 0.05) is 31.2 Å². The Morgan fingerprint density at radius 1 is 1.56 bits per heavy atom. The molecule has 1 N–H and O–H groups in total. The number of ether oxygens (including phenoxy) is 1. The maximum Gasteiger partial charge on any atom is 0.168 e. The van der Waals surface area contributed by atoms with E-state index in [1.54, 1.807) is 0 Å². The third-order valence-electron chi connectivity index (χ3n) is 3.39. The number of nitrogens with zero attached hydrogens (tertiary/aromatic N) is 2. The van der Waals surface area contributed by atoms with Crippen molar-refractivity contribution in [3.8, 4) is 0 Å². The molecule has 1 aromatic heterocycles. The predicted molar refractivity (Wildman–Crippen MR) is 68.9 cm³/mol. The fourth-order valence-corrected chi connectivity index (χ4v) is 2.49. The van der Waals surface area contributed by atoms with Gasteiger partial charge in [-0.25, -0.2) is 0 Å². The molecule has 0 bridgehead atoms. The van der Waals surface area contributed by atoms with E-state index in [1.165, 1.54) is 0 Å². The number of ketones is 1. The van der Waals surface area contributed by atoms with Crippen LogP contribution in [0.2, 0.25) is 0 Å². The van der Waals surface area contributed by atoms with E-state index in [0.717, 1.165) is 36.6 Å². The van der Waals surface area contributed by atoms with E-state index in [2.05, 4.69) is 10.4 Å². The molecule has 1 unspecified atom stereocenters. The lowest BCUT2D eigenvalue weighted by Gasteiger charge is -2.23. The second-order valence-electron chi connectivity index (χ2n) is 4.71. The Labute approximate surface area is 108 Å². The maximum absolute atomic E-state index is 12.3. The summed E-state index contributed by atoms with van der Waals surface area (Å²) in [5, 5.41) is 7.69. The van der Waals surface area contributed by atoms with Crippen molar-refractivity contribution in [3.05, 3.63) is 17.0 Å². The Morgan fingerprint density at radius 3 is 2.89 bits per heavy atom. The first-order chi connectivity index (χ1) is 8.63. The lowest BCUT2D eigenvalue weighted by Crippen LogP contribution is -2.42. The van der Waals surface area contributed by atoms with Crippen LogP contribution in [0.1, 0.15) is 35.1 Å². The van der Waals surface area contributed by atoms with Crippen molar-refractivity contribution >= 4 is 5.78 Å². The molecule has 1 aromatic rings. The number of carbonyl (C=O) groups is 1. The summed E-state index contributed by atoms with van der Waals surface area (Å²) in [6.07, 6.45) is 0.483. The summed E-state index contributed by atoms with van der Waals surface area (Å²) in [7, 11) is 0. The molecule has 0 aliphatic carbocycles. The standard InChI is InChI=1S/C13H21N3O2/c1-4-16-10(3)13(9(2)15-16)12(17)7-11-8-18-6-5-14-11/h11,14H,4-8H2,1-3H3.